The van der Waals surface area contributed by atoms with E-state index in [1.165, 1.54) is 11.1 Å². The number of hydrogen-bond donors (Lipinski definition) is 0. The van der Waals surface area contributed by atoms with Crippen molar-refractivity contribution in [3.05, 3.63) is 203 Å². The van der Waals surface area contributed by atoms with Crippen LogP contribution in [0.3, 0.4) is 0 Å². The van der Waals surface area contributed by atoms with Gasteiger partial charge in [0.2, 0.25) is 0 Å². The summed E-state index contributed by atoms with van der Waals surface area (Å²) in [7, 11) is 0. The summed E-state index contributed by atoms with van der Waals surface area (Å²) in [6, 6.07) is 45.1. The predicted octanol–water partition coefficient (Wildman–Crippen LogP) is 10.3. The van der Waals surface area contributed by atoms with Crippen LogP contribution in [0, 0.1) is 5.92 Å². The molecule has 8 rings (SSSR count). The lowest BCUT2D eigenvalue weighted by molar-refractivity contribution is 0.111. The van der Waals surface area contributed by atoms with Crippen LogP contribution in [0.1, 0.15) is 51.6 Å². The molecule has 4 heteroatoms. The lowest BCUT2D eigenvalue weighted by Gasteiger charge is -2.35. The zero-order valence-electron chi connectivity index (χ0n) is 29.9. The summed E-state index contributed by atoms with van der Waals surface area (Å²) in [5.74, 6) is 0.346. The quantitative estimate of drug-likeness (QED) is 0.142. The van der Waals surface area contributed by atoms with Crippen LogP contribution in [-0.2, 0) is 5.41 Å². The molecule has 2 aliphatic carbocycles. The molecule has 0 heterocycles. The highest BCUT2D eigenvalue weighted by molar-refractivity contribution is 5.98. The van der Waals surface area contributed by atoms with Gasteiger partial charge in [0.25, 0.3) is 0 Å². The number of fused-ring (bicyclic) bond motifs is 4. The van der Waals surface area contributed by atoms with Crippen LogP contribution in [0.5, 0.6) is 0 Å². The van der Waals surface area contributed by atoms with Crippen LogP contribution >= 0.6 is 0 Å². The van der Waals surface area contributed by atoms with Gasteiger partial charge < -0.3 is 9.80 Å². The lowest BCUT2D eigenvalue weighted by atomic mass is 9.74. The molecular formula is C49H40N2O2. The van der Waals surface area contributed by atoms with Crippen LogP contribution in [0.25, 0.3) is 23.0 Å². The van der Waals surface area contributed by atoms with E-state index in [4.69, 9.17) is 0 Å². The molecule has 2 unspecified atom stereocenters. The maximum atomic E-state index is 11.9. The standard InChI is InChI=1S/C49H40N2O2/c1-5-47(41-20-8-6-13-33(41)2)50(37-18-10-14-34(27-37)31-52)39-23-25-43-44-26-24-40(30-46(44)49(3,4)45(43)29-39)51(38-19-11-15-35(28-38)32-53)48-22-12-17-36-16-7-9-21-42(36)48/h5-32,44,46H,1-2H2,3-4H3. The second-order valence-electron chi connectivity index (χ2n) is 14.3. The Hall–Kier alpha value is -6.52. The third-order valence-electron chi connectivity index (χ3n) is 10.9. The van der Waals surface area contributed by atoms with Gasteiger partial charge in [0.05, 0.1) is 11.4 Å². The summed E-state index contributed by atoms with van der Waals surface area (Å²) in [5.41, 5.74) is 9.35. The fourth-order valence-corrected chi connectivity index (χ4v) is 8.30. The molecule has 0 spiro atoms. The van der Waals surface area contributed by atoms with Gasteiger partial charge in [-0.25, -0.2) is 0 Å². The Labute approximate surface area is 310 Å². The maximum absolute atomic E-state index is 11.9. The van der Waals surface area contributed by atoms with Crippen LogP contribution in [-0.4, -0.2) is 12.6 Å². The summed E-state index contributed by atoms with van der Waals surface area (Å²) in [6.07, 6.45) is 10.7. The SMILES string of the molecule is C=CC(=c1ccccc1=C)N(c1cccc(C=O)c1)c1ccc2c(c1)C(C)(C)C1C=C(N(c3cccc(C=O)c3)c3cccc4ccccc34)C=CC21. The van der Waals surface area contributed by atoms with Crippen LogP contribution in [0.4, 0.5) is 22.7 Å². The first-order valence-corrected chi connectivity index (χ1v) is 18.0. The highest BCUT2D eigenvalue weighted by Crippen LogP contribution is 2.55. The van der Waals surface area contributed by atoms with Crippen molar-refractivity contribution in [2.75, 3.05) is 9.80 Å². The average Bonchev–Trinajstić information content (AvgIpc) is 3.42. The molecule has 0 bridgehead atoms. The van der Waals surface area contributed by atoms with E-state index in [2.05, 4.69) is 128 Å². The summed E-state index contributed by atoms with van der Waals surface area (Å²) >= 11 is 0. The summed E-state index contributed by atoms with van der Waals surface area (Å²) < 4.78 is 0. The summed E-state index contributed by atoms with van der Waals surface area (Å²) in [6.45, 7) is 13.2. The molecule has 2 atom stereocenters. The number of allylic oxidation sites excluding steroid dienone is 3. The molecule has 53 heavy (non-hydrogen) atoms. The van der Waals surface area contributed by atoms with E-state index in [0.717, 1.165) is 67.9 Å². The van der Waals surface area contributed by atoms with Crippen molar-refractivity contribution in [1.82, 2.24) is 0 Å². The van der Waals surface area contributed by atoms with Gasteiger partial charge in [0, 0.05) is 50.4 Å². The van der Waals surface area contributed by atoms with Gasteiger partial charge >= 0.3 is 0 Å². The molecule has 0 saturated heterocycles. The van der Waals surface area contributed by atoms with Gasteiger partial charge in [-0.15, -0.1) is 0 Å². The van der Waals surface area contributed by atoms with E-state index in [1.807, 2.05) is 66.7 Å². The Kier molecular flexibility index (Phi) is 8.60. The van der Waals surface area contributed by atoms with Crippen molar-refractivity contribution >= 4 is 58.4 Å². The van der Waals surface area contributed by atoms with E-state index in [-0.39, 0.29) is 17.3 Å². The third kappa shape index (κ3) is 5.83. The Morgan fingerprint density at radius 2 is 1.38 bits per heavy atom. The molecule has 6 aromatic rings. The number of benzene rings is 6. The van der Waals surface area contributed by atoms with E-state index in [1.54, 1.807) is 0 Å². The van der Waals surface area contributed by atoms with E-state index >= 15 is 0 Å². The predicted molar refractivity (Wildman–Crippen MR) is 220 cm³/mol. The average molecular weight is 689 g/mol. The van der Waals surface area contributed by atoms with Crippen molar-refractivity contribution in [2.24, 2.45) is 5.92 Å². The maximum Gasteiger partial charge on any atom is 0.150 e. The normalized spacial score (nSPS) is 17.3. The minimum atomic E-state index is -0.240. The van der Waals surface area contributed by atoms with Crippen LogP contribution in [0.15, 0.2) is 170 Å². The van der Waals surface area contributed by atoms with Crippen molar-refractivity contribution < 1.29 is 9.59 Å². The molecule has 0 radical (unpaired) electrons. The first kappa shape index (κ1) is 33.6. The van der Waals surface area contributed by atoms with Crippen molar-refractivity contribution in [1.29, 1.82) is 0 Å². The Morgan fingerprint density at radius 1 is 0.717 bits per heavy atom. The van der Waals surface area contributed by atoms with Crippen LogP contribution < -0.4 is 20.2 Å². The monoisotopic (exact) mass is 688 g/mol. The molecule has 6 aromatic carbocycles. The van der Waals surface area contributed by atoms with Gasteiger partial charge in [0.15, 0.2) is 0 Å². The zero-order chi connectivity index (χ0) is 36.7. The van der Waals surface area contributed by atoms with Gasteiger partial charge in [-0.05, 0) is 87.7 Å². The zero-order valence-corrected chi connectivity index (χ0v) is 29.9. The molecule has 0 saturated carbocycles. The number of rotatable bonds is 9. The van der Waals surface area contributed by atoms with Gasteiger partial charge in [-0.1, -0.05) is 130 Å². The van der Waals surface area contributed by atoms with Crippen LogP contribution in [0.2, 0.25) is 0 Å². The molecule has 0 fully saturated rings. The number of hydrogen-bond acceptors (Lipinski definition) is 4. The number of anilines is 4. The second kappa shape index (κ2) is 13.6. The largest absolute Gasteiger partial charge is 0.310 e. The van der Waals surface area contributed by atoms with Gasteiger partial charge in [0.1, 0.15) is 12.6 Å². The third-order valence-corrected chi connectivity index (χ3v) is 10.9. The molecule has 4 nitrogen and oxygen atoms in total. The van der Waals surface area contributed by atoms with Crippen molar-refractivity contribution in [2.45, 2.75) is 25.2 Å². The van der Waals surface area contributed by atoms with E-state index in [0.29, 0.717) is 11.1 Å². The summed E-state index contributed by atoms with van der Waals surface area (Å²) in [5, 5.41) is 4.15. The van der Waals surface area contributed by atoms with Gasteiger partial charge in [-0.2, -0.15) is 0 Å². The molecular weight excluding hydrogens is 649 g/mol. The molecule has 0 aromatic heterocycles. The fraction of sp³-hybridized carbons (Fsp3) is 0.102. The second-order valence-corrected chi connectivity index (χ2v) is 14.3. The van der Waals surface area contributed by atoms with Crippen molar-refractivity contribution in [3.8, 4) is 0 Å². The minimum Gasteiger partial charge on any atom is -0.310 e. The Balaban J connectivity index is 1.27. The smallest absolute Gasteiger partial charge is 0.150 e. The minimum absolute atomic E-state index is 0.162. The Bertz CT molecular complexity index is 2610. The van der Waals surface area contributed by atoms with Crippen molar-refractivity contribution in [3.63, 3.8) is 0 Å². The number of nitrogens with zero attached hydrogens (tertiary/aromatic N) is 2. The first-order chi connectivity index (χ1) is 25.8. The fourth-order valence-electron chi connectivity index (χ4n) is 8.30. The van der Waals surface area contributed by atoms with E-state index < -0.39 is 0 Å². The van der Waals surface area contributed by atoms with Gasteiger partial charge in [-0.3, -0.25) is 9.59 Å². The lowest BCUT2D eigenvalue weighted by Crippen LogP contribution is -2.31. The molecule has 0 N–H and O–H groups in total. The number of aldehydes is 2. The van der Waals surface area contributed by atoms with E-state index in [9.17, 15) is 9.59 Å². The number of carbonyl (C=O) groups excluding carboxylic acids is 2. The topological polar surface area (TPSA) is 40.6 Å². The highest BCUT2D eigenvalue weighted by Gasteiger charge is 2.46. The molecule has 258 valence electrons. The molecule has 0 amide bonds. The summed E-state index contributed by atoms with van der Waals surface area (Å²) in [4.78, 5) is 28.3. The molecule has 2 aliphatic rings. The number of carbonyl (C=O) groups is 2. The highest BCUT2D eigenvalue weighted by atomic mass is 16.1. The molecule has 0 aliphatic heterocycles. The first-order valence-electron chi connectivity index (χ1n) is 18.0. The Morgan fingerprint density at radius 3 is 2.13 bits per heavy atom.